The number of amides is 3. The highest BCUT2D eigenvalue weighted by Crippen LogP contribution is 2.17. The van der Waals surface area contributed by atoms with E-state index in [0.717, 1.165) is 24.3 Å². The summed E-state index contributed by atoms with van der Waals surface area (Å²) in [4.78, 5) is 25.3. The minimum Gasteiger partial charge on any atom is -0.372 e. The van der Waals surface area contributed by atoms with Gasteiger partial charge in [-0.3, -0.25) is 15.4 Å². The van der Waals surface area contributed by atoms with Gasteiger partial charge in [0.25, 0.3) is 5.91 Å². The SMILES string of the molecule is CCN(CC)c1ccc(/C=C2/C(=O)NC(=O)N/C2=N/N)cc1. The lowest BCUT2D eigenvalue weighted by Gasteiger charge is -2.21. The zero-order chi connectivity index (χ0) is 16.1. The van der Waals surface area contributed by atoms with Crippen LogP contribution in [0.2, 0.25) is 0 Å². The van der Waals surface area contributed by atoms with Crippen molar-refractivity contribution in [3.05, 3.63) is 35.4 Å². The number of carbonyl (C=O) groups is 2. The van der Waals surface area contributed by atoms with Crippen molar-refractivity contribution in [3.63, 3.8) is 0 Å². The third-order valence-corrected chi connectivity index (χ3v) is 3.42. The van der Waals surface area contributed by atoms with Crippen LogP contribution in [-0.4, -0.2) is 30.9 Å². The summed E-state index contributed by atoms with van der Waals surface area (Å²) in [6.07, 6.45) is 1.63. The van der Waals surface area contributed by atoms with Crippen LogP contribution in [0.15, 0.2) is 34.9 Å². The first-order valence-corrected chi connectivity index (χ1v) is 7.06. The van der Waals surface area contributed by atoms with Crippen molar-refractivity contribution in [2.24, 2.45) is 10.9 Å². The zero-order valence-electron chi connectivity index (χ0n) is 12.6. The maximum atomic E-state index is 11.9. The maximum Gasteiger partial charge on any atom is 0.327 e. The first-order valence-electron chi connectivity index (χ1n) is 7.06. The number of hydrogen-bond acceptors (Lipinski definition) is 5. The van der Waals surface area contributed by atoms with E-state index in [4.69, 9.17) is 5.84 Å². The first-order chi connectivity index (χ1) is 10.6. The molecule has 0 spiro atoms. The Morgan fingerprint density at radius 2 is 1.77 bits per heavy atom. The summed E-state index contributed by atoms with van der Waals surface area (Å²) >= 11 is 0. The van der Waals surface area contributed by atoms with Crippen LogP contribution in [0.4, 0.5) is 10.5 Å². The second-order valence-corrected chi connectivity index (χ2v) is 4.71. The van der Waals surface area contributed by atoms with Gasteiger partial charge in [-0.25, -0.2) is 4.79 Å². The molecule has 0 atom stereocenters. The molecule has 1 fully saturated rings. The molecule has 116 valence electrons. The Bertz CT molecular complexity index is 630. The highest BCUT2D eigenvalue weighted by atomic mass is 16.2. The van der Waals surface area contributed by atoms with Gasteiger partial charge < -0.3 is 10.7 Å². The van der Waals surface area contributed by atoms with E-state index in [2.05, 4.69) is 34.5 Å². The lowest BCUT2D eigenvalue weighted by molar-refractivity contribution is -0.116. The normalized spacial score (nSPS) is 18.3. The van der Waals surface area contributed by atoms with Gasteiger partial charge in [-0.15, -0.1) is 0 Å². The van der Waals surface area contributed by atoms with E-state index in [-0.39, 0.29) is 11.4 Å². The highest BCUT2D eigenvalue weighted by Gasteiger charge is 2.25. The van der Waals surface area contributed by atoms with Crippen LogP contribution < -0.4 is 21.4 Å². The van der Waals surface area contributed by atoms with Gasteiger partial charge in [0.2, 0.25) is 0 Å². The smallest absolute Gasteiger partial charge is 0.327 e. The number of imide groups is 1. The van der Waals surface area contributed by atoms with Crippen LogP contribution >= 0.6 is 0 Å². The molecule has 2 rings (SSSR count). The molecule has 4 N–H and O–H groups in total. The summed E-state index contributed by atoms with van der Waals surface area (Å²) < 4.78 is 0. The molecule has 1 aliphatic rings. The number of carbonyl (C=O) groups excluding carboxylic acids is 2. The summed E-state index contributed by atoms with van der Waals surface area (Å²) in [7, 11) is 0. The Morgan fingerprint density at radius 1 is 1.14 bits per heavy atom. The average molecular weight is 301 g/mol. The van der Waals surface area contributed by atoms with Crippen molar-refractivity contribution in [1.82, 2.24) is 10.6 Å². The van der Waals surface area contributed by atoms with Gasteiger partial charge in [-0.05, 0) is 37.6 Å². The van der Waals surface area contributed by atoms with Gasteiger partial charge in [0.05, 0.1) is 5.57 Å². The zero-order valence-corrected chi connectivity index (χ0v) is 12.6. The van der Waals surface area contributed by atoms with Crippen LogP contribution in [0.3, 0.4) is 0 Å². The Labute approximate surface area is 128 Å². The second-order valence-electron chi connectivity index (χ2n) is 4.71. The number of urea groups is 1. The number of rotatable bonds is 4. The predicted molar refractivity (Wildman–Crippen MR) is 86.3 cm³/mol. The number of nitrogens with zero attached hydrogens (tertiary/aromatic N) is 2. The van der Waals surface area contributed by atoms with Crippen LogP contribution in [0, 0.1) is 0 Å². The fourth-order valence-electron chi connectivity index (χ4n) is 2.26. The molecule has 22 heavy (non-hydrogen) atoms. The Balaban J connectivity index is 2.28. The number of hydrazone groups is 1. The Hall–Kier alpha value is -2.83. The topological polar surface area (TPSA) is 99.8 Å². The van der Waals surface area contributed by atoms with E-state index in [9.17, 15) is 9.59 Å². The van der Waals surface area contributed by atoms with Gasteiger partial charge in [-0.1, -0.05) is 12.1 Å². The molecule has 1 heterocycles. The van der Waals surface area contributed by atoms with Crippen LogP contribution in [0.1, 0.15) is 19.4 Å². The van der Waals surface area contributed by atoms with E-state index in [1.165, 1.54) is 0 Å². The van der Waals surface area contributed by atoms with E-state index in [1.807, 2.05) is 24.3 Å². The van der Waals surface area contributed by atoms with Crippen molar-refractivity contribution >= 4 is 29.5 Å². The van der Waals surface area contributed by atoms with Crippen LogP contribution in [0.25, 0.3) is 6.08 Å². The van der Waals surface area contributed by atoms with Crippen molar-refractivity contribution < 1.29 is 9.59 Å². The molecule has 0 aliphatic carbocycles. The molecule has 1 saturated heterocycles. The largest absolute Gasteiger partial charge is 0.372 e. The summed E-state index contributed by atoms with van der Waals surface area (Å²) in [5.41, 5.74) is 2.15. The Morgan fingerprint density at radius 3 is 2.32 bits per heavy atom. The average Bonchev–Trinajstić information content (AvgIpc) is 2.52. The molecule has 0 saturated carbocycles. The van der Waals surface area contributed by atoms with Crippen molar-refractivity contribution in [1.29, 1.82) is 0 Å². The van der Waals surface area contributed by atoms with Gasteiger partial charge in [0, 0.05) is 18.8 Å². The van der Waals surface area contributed by atoms with Crippen LogP contribution in [-0.2, 0) is 4.79 Å². The van der Waals surface area contributed by atoms with Gasteiger partial charge in [-0.2, -0.15) is 5.10 Å². The van der Waals surface area contributed by atoms with E-state index in [0.29, 0.717) is 0 Å². The van der Waals surface area contributed by atoms with Gasteiger partial charge >= 0.3 is 6.03 Å². The van der Waals surface area contributed by atoms with Crippen molar-refractivity contribution in [2.45, 2.75) is 13.8 Å². The summed E-state index contributed by atoms with van der Waals surface area (Å²) in [6.45, 7) is 6.04. The lowest BCUT2D eigenvalue weighted by atomic mass is 10.1. The molecule has 0 aromatic heterocycles. The van der Waals surface area contributed by atoms with Crippen molar-refractivity contribution in [2.75, 3.05) is 18.0 Å². The standard InChI is InChI=1S/C15H19N5O2/c1-3-20(4-2)11-7-5-10(6-8-11)9-12-13(19-16)17-15(22)18-14(12)21/h5-9H,3-4,16H2,1-2H3,(H2,17,18,19,21,22)/b12-9+. The molecule has 1 aliphatic heterocycles. The number of nitrogens with two attached hydrogens (primary N) is 1. The van der Waals surface area contributed by atoms with E-state index in [1.54, 1.807) is 6.08 Å². The molecule has 3 amide bonds. The molecule has 7 nitrogen and oxygen atoms in total. The molecule has 7 heteroatoms. The molecular formula is C15H19N5O2. The Kier molecular flexibility index (Phi) is 4.77. The highest BCUT2D eigenvalue weighted by molar-refractivity contribution is 6.32. The minimum atomic E-state index is -0.636. The van der Waals surface area contributed by atoms with Gasteiger partial charge in [0.15, 0.2) is 5.84 Å². The molecular weight excluding hydrogens is 282 g/mol. The number of amidine groups is 1. The first kappa shape index (κ1) is 15.6. The number of nitrogens with one attached hydrogen (secondary N) is 2. The summed E-state index contributed by atoms with van der Waals surface area (Å²) in [5.74, 6) is 4.75. The molecule has 0 bridgehead atoms. The van der Waals surface area contributed by atoms with Gasteiger partial charge in [0.1, 0.15) is 0 Å². The fraction of sp³-hybridized carbons (Fsp3) is 0.267. The molecule has 0 unspecified atom stereocenters. The molecule has 1 aromatic rings. The minimum absolute atomic E-state index is 0.0570. The quantitative estimate of drug-likeness (QED) is 0.439. The lowest BCUT2D eigenvalue weighted by Crippen LogP contribution is -2.51. The van der Waals surface area contributed by atoms with Crippen LogP contribution in [0.5, 0.6) is 0 Å². The third-order valence-electron chi connectivity index (χ3n) is 3.42. The van der Waals surface area contributed by atoms with Crippen molar-refractivity contribution in [3.8, 4) is 0 Å². The second kappa shape index (κ2) is 6.75. The number of hydrogen-bond donors (Lipinski definition) is 3. The van der Waals surface area contributed by atoms with E-state index >= 15 is 0 Å². The van der Waals surface area contributed by atoms with E-state index < -0.39 is 11.9 Å². The maximum absolute atomic E-state index is 11.9. The summed E-state index contributed by atoms with van der Waals surface area (Å²) in [6, 6.07) is 7.13. The third kappa shape index (κ3) is 3.25. The predicted octanol–water partition coefficient (Wildman–Crippen LogP) is 1.03. The fourth-order valence-corrected chi connectivity index (χ4v) is 2.26. The molecule has 1 aromatic carbocycles. The monoisotopic (exact) mass is 301 g/mol. The number of anilines is 1. The summed E-state index contributed by atoms with van der Waals surface area (Å²) in [5, 5.41) is 8.00. The number of benzene rings is 1. The molecule has 0 radical (unpaired) electrons.